The summed E-state index contributed by atoms with van der Waals surface area (Å²) in [5, 5.41) is 0. The average molecular weight is 395 g/mol. The summed E-state index contributed by atoms with van der Waals surface area (Å²) in [4.78, 5) is 26.5. The van der Waals surface area contributed by atoms with E-state index in [2.05, 4.69) is 0 Å². The van der Waals surface area contributed by atoms with Crippen molar-refractivity contribution in [2.45, 2.75) is 51.7 Å². The second kappa shape index (κ2) is 9.12. The minimum atomic E-state index is -0.507. The smallest absolute Gasteiger partial charge is 0.410 e. The van der Waals surface area contributed by atoms with Gasteiger partial charge in [-0.2, -0.15) is 0 Å². The Morgan fingerprint density at radius 1 is 1.03 bits per heavy atom. The van der Waals surface area contributed by atoms with E-state index in [-0.39, 0.29) is 17.9 Å². The van der Waals surface area contributed by atoms with Gasteiger partial charge >= 0.3 is 6.09 Å². The van der Waals surface area contributed by atoms with Crippen LogP contribution in [0.15, 0.2) is 54.6 Å². The molecule has 29 heavy (non-hydrogen) atoms. The van der Waals surface area contributed by atoms with Gasteiger partial charge in [0.25, 0.3) is 0 Å². The van der Waals surface area contributed by atoms with Crippen LogP contribution in [0.5, 0.6) is 5.75 Å². The lowest BCUT2D eigenvalue weighted by molar-refractivity contribution is 0.0187. The third kappa shape index (κ3) is 6.08. The lowest BCUT2D eigenvalue weighted by Crippen LogP contribution is -2.42. The van der Waals surface area contributed by atoms with Gasteiger partial charge in [0.15, 0.2) is 5.78 Å². The molecule has 0 saturated carbocycles. The first-order valence-corrected chi connectivity index (χ1v) is 10.1. The van der Waals surface area contributed by atoms with Gasteiger partial charge in [-0.25, -0.2) is 4.79 Å². The van der Waals surface area contributed by atoms with Crippen molar-refractivity contribution in [2.75, 3.05) is 13.2 Å². The first-order valence-electron chi connectivity index (χ1n) is 10.1. The number of rotatable bonds is 6. The second-order valence-electron chi connectivity index (χ2n) is 8.39. The topological polar surface area (TPSA) is 55.8 Å². The molecule has 154 valence electrons. The Balaban J connectivity index is 1.53. The van der Waals surface area contributed by atoms with Crippen LogP contribution in [0.25, 0.3) is 0 Å². The molecule has 2 aromatic carbocycles. The summed E-state index contributed by atoms with van der Waals surface area (Å²) in [5.41, 5.74) is 1.16. The molecule has 0 aliphatic carbocycles. The normalized spacial score (nSPS) is 16.5. The minimum absolute atomic E-state index is 0.00393. The second-order valence-corrected chi connectivity index (χ2v) is 8.39. The average Bonchev–Trinajstić information content (AvgIpc) is 3.15. The number of hydrogen-bond acceptors (Lipinski definition) is 4. The van der Waals surface area contributed by atoms with E-state index in [0.29, 0.717) is 30.9 Å². The number of nitrogens with zero attached hydrogens (tertiary/aromatic N) is 1. The maximum atomic E-state index is 12.4. The summed E-state index contributed by atoms with van der Waals surface area (Å²) in [7, 11) is 0. The molecular weight excluding hydrogens is 366 g/mol. The monoisotopic (exact) mass is 395 g/mol. The lowest BCUT2D eigenvalue weighted by atomic mass is 10.0. The van der Waals surface area contributed by atoms with Gasteiger partial charge in [0, 0.05) is 18.5 Å². The predicted molar refractivity (Wildman–Crippen MR) is 112 cm³/mol. The molecule has 0 spiro atoms. The van der Waals surface area contributed by atoms with E-state index in [4.69, 9.17) is 9.47 Å². The molecule has 0 aromatic heterocycles. The number of likely N-dealkylation sites (tertiary alicyclic amines) is 1. The lowest BCUT2D eigenvalue weighted by Gasteiger charge is -2.28. The molecule has 1 fully saturated rings. The summed E-state index contributed by atoms with van der Waals surface area (Å²) in [5.74, 6) is 0.770. The van der Waals surface area contributed by atoms with Crippen molar-refractivity contribution in [3.63, 3.8) is 0 Å². The number of carbonyl (C=O) groups is 2. The van der Waals surface area contributed by atoms with Crippen LogP contribution in [0, 0.1) is 0 Å². The molecule has 1 unspecified atom stereocenters. The highest BCUT2D eigenvalue weighted by Gasteiger charge is 2.32. The van der Waals surface area contributed by atoms with Gasteiger partial charge in [-0.1, -0.05) is 30.3 Å². The summed E-state index contributed by atoms with van der Waals surface area (Å²) in [6, 6.07) is 16.9. The Morgan fingerprint density at radius 2 is 1.72 bits per heavy atom. The van der Waals surface area contributed by atoms with Crippen LogP contribution in [-0.2, 0) is 11.2 Å². The molecule has 5 nitrogen and oxygen atoms in total. The van der Waals surface area contributed by atoms with Crippen molar-refractivity contribution >= 4 is 11.9 Å². The van der Waals surface area contributed by atoms with E-state index in [1.807, 2.05) is 63.2 Å². The zero-order valence-electron chi connectivity index (χ0n) is 17.4. The zero-order valence-corrected chi connectivity index (χ0v) is 17.4. The predicted octanol–water partition coefficient (Wildman–Crippen LogP) is 4.89. The molecule has 1 atom stereocenters. The van der Waals surface area contributed by atoms with E-state index in [1.54, 1.807) is 17.0 Å². The van der Waals surface area contributed by atoms with Crippen LogP contribution in [0.1, 0.15) is 49.5 Å². The van der Waals surface area contributed by atoms with Crippen LogP contribution in [0.4, 0.5) is 4.79 Å². The quantitative estimate of drug-likeness (QED) is 0.654. The molecule has 1 amide bonds. The van der Waals surface area contributed by atoms with Gasteiger partial charge in [0.1, 0.15) is 18.0 Å². The SMILES string of the molecule is CC(C)(C)OC(=O)N1CCCC1COc1ccc(C(=O)Cc2ccccc2)cc1. The Labute approximate surface area is 172 Å². The van der Waals surface area contributed by atoms with Crippen LogP contribution in [0.2, 0.25) is 0 Å². The van der Waals surface area contributed by atoms with E-state index >= 15 is 0 Å². The Bertz CT molecular complexity index is 824. The van der Waals surface area contributed by atoms with Crippen LogP contribution >= 0.6 is 0 Å². The molecule has 5 heteroatoms. The molecule has 3 rings (SSSR count). The number of hydrogen-bond donors (Lipinski definition) is 0. The van der Waals surface area contributed by atoms with Crippen LogP contribution in [-0.4, -0.2) is 41.6 Å². The van der Waals surface area contributed by atoms with Gasteiger partial charge in [0.05, 0.1) is 6.04 Å². The number of amides is 1. The third-order valence-electron chi connectivity index (χ3n) is 4.83. The molecule has 1 heterocycles. The molecule has 1 aliphatic heterocycles. The van der Waals surface area contributed by atoms with Crippen molar-refractivity contribution in [1.29, 1.82) is 0 Å². The first-order chi connectivity index (χ1) is 13.8. The van der Waals surface area contributed by atoms with E-state index < -0.39 is 5.60 Å². The van der Waals surface area contributed by atoms with Crippen LogP contribution < -0.4 is 4.74 Å². The number of carbonyl (C=O) groups excluding carboxylic acids is 2. The summed E-state index contributed by atoms with van der Waals surface area (Å²) < 4.78 is 11.4. The summed E-state index contributed by atoms with van der Waals surface area (Å²) in [6.45, 7) is 6.71. The van der Waals surface area contributed by atoms with Crippen molar-refractivity contribution in [2.24, 2.45) is 0 Å². The number of ether oxygens (including phenoxy) is 2. The van der Waals surface area contributed by atoms with Gasteiger partial charge in [0.2, 0.25) is 0 Å². The molecule has 1 saturated heterocycles. The van der Waals surface area contributed by atoms with E-state index in [0.717, 1.165) is 18.4 Å². The Kier molecular flexibility index (Phi) is 6.57. The zero-order chi connectivity index (χ0) is 20.9. The highest BCUT2D eigenvalue weighted by molar-refractivity contribution is 5.97. The fourth-order valence-corrected chi connectivity index (χ4v) is 3.38. The van der Waals surface area contributed by atoms with Gasteiger partial charge < -0.3 is 14.4 Å². The maximum Gasteiger partial charge on any atom is 0.410 e. The van der Waals surface area contributed by atoms with E-state index in [1.165, 1.54) is 0 Å². The maximum absolute atomic E-state index is 12.4. The molecule has 0 bridgehead atoms. The van der Waals surface area contributed by atoms with Crippen molar-refractivity contribution in [3.8, 4) is 5.75 Å². The molecule has 0 N–H and O–H groups in total. The fourth-order valence-electron chi connectivity index (χ4n) is 3.38. The number of benzene rings is 2. The van der Waals surface area contributed by atoms with Crippen molar-refractivity contribution in [3.05, 3.63) is 65.7 Å². The fraction of sp³-hybridized carbons (Fsp3) is 0.417. The van der Waals surface area contributed by atoms with Gasteiger partial charge in [-0.05, 0) is 63.4 Å². The first kappa shape index (κ1) is 20.9. The minimum Gasteiger partial charge on any atom is -0.491 e. The molecule has 2 aromatic rings. The van der Waals surface area contributed by atoms with Crippen molar-refractivity contribution < 1.29 is 19.1 Å². The van der Waals surface area contributed by atoms with Crippen molar-refractivity contribution in [1.82, 2.24) is 4.90 Å². The summed E-state index contributed by atoms with van der Waals surface area (Å²) in [6.07, 6.45) is 1.94. The Morgan fingerprint density at radius 3 is 2.38 bits per heavy atom. The summed E-state index contributed by atoms with van der Waals surface area (Å²) >= 11 is 0. The third-order valence-corrected chi connectivity index (χ3v) is 4.83. The number of ketones is 1. The van der Waals surface area contributed by atoms with E-state index in [9.17, 15) is 9.59 Å². The highest BCUT2D eigenvalue weighted by atomic mass is 16.6. The standard InChI is InChI=1S/C24H29NO4/c1-24(2,3)29-23(27)25-15-7-10-20(25)17-28-21-13-11-19(12-14-21)22(26)16-18-8-5-4-6-9-18/h4-6,8-9,11-14,20H,7,10,15-17H2,1-3H3. The molecule has 1 aliphatic rings. The van der Waals surface area contributed by atoms with Crippen LogP contribution in [0.3, 0.4) is 0 Å². The van der Waals surface area contributed by atoms with Gasteiger partial charge in [-0.15, -0.1) is 0 Å². The van der Waals surface area contributed by atoms with Gasteiger partial charge in [-0.3, -0.25) is 4.79 Å². The number of Topliss-reactive ketones (excluding diaryl/α,β-unsaturated/α-hetero) is 1. The molecular formula is C24H29NO4. The molecule has 0 radical (unpaired) electrons. The Hall–Kier alpha value is -2.82. The highest BCUT2D eigenvalue weighted by Crippen LogP contribution is 2.22. The largest absolute Gasteiger partial charge is 0.491 e.